The quantitative estimate of drug-likeness (QED) is 0.710. The molecule has 9 nitrogen and oxygen atoms in total. The molecule has 2 aliphatic heterocycles. The molecule has 0 saturated heterocycles. The number of urea groups is 1. The molecule has 0 bridgehead atoms. The van der Waals surface area contributed by atoms with Crippen LogP contribution in [0.2, 0.25) is 5.02 Å². The number of benzene rings is 1. The SMILES string of the molecule is COC(=O)C1CCN(C)C(=O)c2c3c(nn21)CCN(C(=O)Nc1ccc(F)c(Cl)c1)C3. The normalized spacial score (nSPS) is 18.2. The molecule has 2 aliphatic rings. The summed E-state index contributed by atoms with van der Waals surface area (Å²) in [6.45, 7) is 0.905. The van der Waals surface area contributed by atoms with Gasteiger partial charge in [0, 0.05) is 37.8 Å². The summed E-state index contributed by atoms with van der Waals surface area (Å²) in [5, 5.41) is 7.13. The van der Waals surface area contributed by atoms with E-state index in [0.717, 1.165) is 0 Å². The lowest BCUT2D eigenvalue weighted by atomic mass is 10.0. The van der Waals surface area contributed by atoms with Gasteiger partial charge in [0.05, 0.1) is 24.4 Å². The average Bonchev–Trinajstić information content (AvgIpc) is 3.08. The molecule has 1 N–H and O–H groups in total. The van der Waals surface area contributed by atoms with Crippen LogP contribution < -0.4 is 5.32 Å². The van der Waals surface area contributed by atoms with Gasteiger partial charge in [0.2, 0.25) is 0 Å². The van der Waals surface area contributed by atoms with E-state index in [1.165, 1.54) is 39.8 Å². The van der Waals surface area contributed by atoms with E-state index >= 15 is 0 Å². The van der Waals surface area contributed by atoms with Crippen molar-refractivity contribution in [3.05, 3.63) is 46.0 Å². The summed E-state index contributed by atoms with van der Waals surface area (Å²) in [5.74, 6) is -1.30. The second-order valence-corrected chi connectivity index (χ2v) is 7.91. The van der Waals surface area contributed by atoms with Crippen molar-refractivity contribution in [1.29, 1.82) is 0 Å². The van der Waals surface area contributed by atoms with E-state index in [0.29, 0.717) is 48.6 Å². The number of rotatable bonds is 2. The third-order valence-corrected chi connectivity index (χ3v) is 5.86. The Bertz CT molecular complexity index is 1070. The minimum Gasteiger partial charge on any atom is -0.467 e. The number of hydrogen-bond acceptors (Lipinski definition) is 5. The van der Waals surface area contributed by atoms with Crippen LogP contribution in [0.4, 0.5) is 14.9 Å². The molecule has 31 heavy (non-hydrogen) atoms. The Labute approximate surface area is 182 Å². The Balaban J connectivity index is 1.62. The molecule has 3 heterocycles. The third kappa shape index (κ3) is 3.83. The number of aromatic nitrogens is 2. The number of anilines is 1. The zero-order valence-corrected chi connectivity index (χ0v) is 17.8. The maximum absolute atomic E-state index is 13.4. The van der Waals surface area contributed by atoms with Gasteiger partial charge in [-0.2, -0.15) is 5.10 Å². The van der Waals surface area contributed by atoms with Gasteiger partial charge in [-0.05, 0) is 24.6 Å². The largest absolute Gasteiger partial charge is 0.467 e. The van der Waals surface area contributed by atoms with Gasteiger partial charge in [-0.1, -0.05) is 11.6 Å². The highest BCUT2D eigenvalue weighted by molar-refractivity contribution is 6.31. The summed E-state index contributed by atoms with van der Waals surface area (Å²) in [4.78, 5) is 41.2. The summed E-state index contributed by atoms with van der Waals surface area (Å²) < 4.78 is 19.7. The highest BCUT2D eigenvalue weighted by atomic mass is 35.5. The van der Waals surface area contributed by atoms with Crippen LogP contribution in [0.1, 0.15) is 34.2 Å². The molecule has 4 rings (SSSR count). The highest BCUT2D eigenvalue weighted by Crippen LogP contribution is 2.30. The molecule has 3 amide bonds. The Kier molecular flexibility index (Phi) is 5.57. The van der Waals surface area contributed by atoms with E-state index in [1.54, 1.807) is 7.05 Å². The van der Waals surface area contributed by atoms with Crippen LogP contribution >= 0.6 is 11.6 Å². The fraction of sp³-hybridized carbons (Fsp3) is 0.400. The number of carbonyl (C=O) groups is 3. The van der Waals surface area contributed by atoms with Crippen LogP contribution in [0, 0.1) is 5.82 Å². The summed E-state index contributed by atoms with van der Waals surface area (Å²) >= 11 is 5.78. The summed E-state index contributed by atoms with van der Waals surface area (Å²) in [5.41, 5.74) is 1.96. The third-order valence-electron chi connectivity index (χ3n) is 5.57. The number of hydrogen-bond donors (Lipinski definition) is 1. The van der Waals surface area contributed by atoms with Crippen LogP contribution in [0.25, 0.3) is 0 Å². The van der Waals surface area contributed by atoms with Crippen molar-refractivity contribution in [3.8, 4) is 0 Å². The number of nitrogens with zero attached hydrogens (tertiary/aromatic N) is 4. The Morgan fingerprint density at radius 2 is 2.10 bits per heavy atom. The van der Waals surface area contributed by atoms with Crippen LogP contribution in [0.15, 0.2) is 18.2 Å². The van der Waals surface area contributed by atoms with Gasteiger partial charge in [0.25, 0.3) is 5.91 Å². The molecule has 0 aliphatic carbocycles. The molecule has 2 aromatic rings. The molecule has 0 radical (unpaired) electrons. The molecule has 0 saturated carbocycles. The Morgan fingerprint density at radius 1 is 1.32 bits per heavy atom. The van der Waals surface area contributed by atoms with Gasteiger partial charge in [-0.25, -0.2) is 18.7 Å². The fourth-order valence-corrected chi connectivity index (χ4v) is 4.05. The number of carbonyl (C=O) groups excluding carboxylic acids is 3. The molecule has 1 aromatic carbocycles. The number of fused-ring (bicyclic) bond motifs is 3. The van der Waals surface area contributed by atoms with Gasteiger partial charge < -0.3 is 19.9 Å². The standard InChI is InChI=1S/C20H21ClFN5O4/c1-25-7-6-16(19(29)31-2)27-17(18(25)28)12-10-26(8-5-15(12)24-27)20(30)23-11-3-4-14(22)13(21)9-11/h3-4,9,16H,5-8,10H2,1-2H3,(H,23,30). The second-order valence-electron chi connectivity index (χ2n) is 7.50. The summed E-state index contributed by atoms with van der Waals surface area (Å²) in [7, 11) is 2.97. The number of amides is 3. The first-order valence-corrected chi connectivity index (χ1v) is 10.1. The predicted octanol–water partition coefficient (Wildman–Crippen LogP) is 2.46. The lowest BCUT2D eigenvalue weighted by Crippen LogP contribution is -2.39. The summed E-state index contributed by atoms with van der Waals surface area (Å²) in [6, 6.07) is 2.80. The lowest BCUT2D eigenvalue weighted by molar-refractivity contribution is -0.145. The summed E-state index contributed by atoms with van der Waals surface area (Å²) in [6.07, 6.45) is 0.815. The van der Waals surface area contributed by atoms with Crippen molar-refractivity contribution < 1.29 is 23.5 Å². The average molecular weight is 450 g/mol. The number of nitrogens with one attached hydrogen (secondary N) is 1. The predicted molar refractivity (Wildman–Crippen MR) is 109 cm³/mol. The molecule has 0 fully saturated rings. The zero-order valence-electron chi connectivity index (χ0n) is 17.0. The number of esters is 1. The molecule has 1 atom stereocenters. The first kappa shape index (κ1) is 21.1. The van der Waals surface area contributed by atoms with E-state index in [1.807, 2.05) is 0 Å². The van der Waals surface area contributed by atoms with Crippen molar-refractivity contribution >= 4 is 35.2 Å². The number of ether oxygens (including phenoxy) is 1. The van der Waals surface area contributed by atoms with Gasteiger partial charge in [0.1, 0.15) is 11.5 Å². The van der Waals surface area contributed by atoms with E-state index in [4.69, 9.17) is 16.3 Å². The molecular weight excluding hydrogens is 429 g/mol. The Hall–Kier alpha value is -3.14. The zero-order chi connectivity index (χ0) is 22.3. The van der Waals surface area contributed by atoms with Crippen LogP contribution in [-0.2, 0) is 22.5 Å². The first-order valence-electron chi connectivity index (χ1n) is 9.74. The topological polar surface area (TPSA) is 96.8 Å². The molecule has 0 spiro atoms. The van der Waals surface area contributed by atoms with Gasteiger partial charge in [-0.15, -0.1) is 0 Å². The van der Waals surface area contributed by atoms with Crippen molar-refractivity contribution in [2.24, 2.45) is 0 Å². The smallest absolute Gasteiger partial charge is 0.330 e. The van der Waals surface area contributed by atoms with E-state index in [9.17, 15) is 18.8 Å². The van der Waals surface area contributed by atoms with Crippen LogP contribution in [-0.4, -0.2) is 64.7 Å². The van der Waals surface area contributed by atoms with Crippen molar-refractivity contribution in [2.75, 3.05) is 32.6 Å². The van der Waals surface area contributed by atoms with E-state index in [2.05, 4.69) is 10.4 Å². The second kappa shape index (κ2) is 8.18. The van der Waals surface area contributed by atoms with E-state index in [-0.39, 0.29) is 17.5 Å². The van der Waals surface area contributed by atoms with Gasteiger partial charge in [-0.3, -0.25) is 4.79 Å². The lowest BCUT2D eigenvalue weighted by Gasteiger charge is -2.27. The van der Waals surface area contributed by atoms with Gasteiger partial charge >= 0.3 is 12.0 Å². The maximum atomic E-state index is 13.4. The molecule has 1 unspecified atom stereocenters. The van der Waals surface area contributed by atoms with Crippen molar-refractivity contribution in [3.63, 3.8) is 0 Å². The monoisotopic (exact) mass is 449 g/mol. The minimum absolute atomic E-state index is 0.0943. The first-order chi connectivity index (χ1) is 14.8. The van der Waals surface area contributed by atoms with Crippen LogP contribution in [0.5, 0.6) is 0 Å². The Morgan fingerprint density at radius 3 is 2.81 bits per heavy atom. The minimum atomic E-state index is -0.705. The van der Waals surface area contributed by atoms with Crippen molar-refractivity contribution in [2.45, 2.75) is 25.4 Å². The van der Waals surface area contributed by atoms with E-state index < -0.39 is 23.9 Å². The molecular formula is C20H21ClFN5O4. The maximum Gasteiger partial charge on any atom is 0.330 e. The fourth-order valence-electron chi connectivity index (χ4n) is 3.87. The molecule has 11 heteroatoms. The highest BCUT2D eigenvalue weighted by Gasteiger charge is 2.38. The number of methoxy groups -OCH3 is 1. The van der Waals surface area contributed by atoms with Crippen molar-refractivity contribution in [1.82, 2.24) is 19.6 Å². The van der Waals surface area contributed by atoms with Crippen LogP contribution in [0.3, 0.4) is 0 Å². The number of halogens is 2. The molecule has 1 aromatic heterocycles. The van der Waals surface area contributed by atoms with Gasteiger partial charge in [0.15, 0.2) is 6.04 Å². The molecule has 164 valence electrons.